The second-order valence-electron chi connectivity index (χ2n) is 5.47. The van der Waals surface area contributed by atoms with Crippen molar-refractivity contribution >= 4 is 11.7 Å². The number of halogens is 1. The number of hydrogen-bond acceptors (Lipinski definition) is 4. The molecule has 1 unspecified atom stereocenters. The Kier molecular flexibility index (Phi) is 5.15. The fourth-order valence-electron chi connectivity index (χ4n) is 2.24. The highest BCUT2D eigenvalue weighted by Crippen LogP contribution is 2.25. The number of aryl methyl sites for hydroxylation is 1. The predicted molar refractivity (Wildman–Crippen MR) is 85.5 cm³/mol. The highest BCUT2D eigenvalue weighted by atomic mass is 19.1. The summed E-state index contributed by atoms with van der Waals surface area (Å²) in [5, 5.41) is 13.5. The zero-order valence-electron chi connectivity index (χ0n) is 13.7. The van der Waals surface area contributed by atoms with E-state index in [4.69, 9.17) is 0 Å². The Labute approximate surface area is 134 Å². The molecule has 124 valence electrons. The number of carbonyl (C=O) groups is 1. The van der Waals surface area contributed by atoms with Crippen molar-refractivity contribution in [3.63, 3.8) is 0 Å². The molecule has 1 atom stereocenters. The number of amides is 2. The van der Waals surface area contributed by atoms with E-state index in [0.717, 1.165) is 5.69 Å². The molecule has 23 heavy (non-hydrogen) atoms. The molecule has 0 bridgehead atoms. The number of anilines is 1. The third-order valence-electron chi connectivity index (χ3n) is 3.36. The Hall–Kier alpha value is -2.64. The van der Waals surface area contributed by atoms with Crippen LogP contribution in [-0.2, 0) is 13.6 Å². The SMILES string of the molecule is CC(NC(=O)NCc1cnn(C)n1)c1cc(F)ccc1N(C)C. The van der Waals surface area contributed by atoms with Crippen molar-refractivity contribution in [2.75, 3.05) is 19.0 Å². The lowest BCUT2D eigenvalue weighted by Gasteiger charge is -2.22. The Balaban J connectivity index is 1.99. The first-order chi connectivity index (χ1) is 10.9. The van der Waals surface area contributed by atoms with Gasteiger partial charge in [0.05, 0.1) is 18.8 Å². The number of carbonyl (C=O) groups excluding carboxylic acids is 1. The van der Waals surface area contributed by atoms with Gasteiger partial charge in [-0.05, 0) is 25.1 Å². The maximum Gasteiger partial charge on any atom is 0.315 e. The van der Waals surface area contributed by atoms with E-state index in [1.54, 1.807) is 19.3 Å². The minimum Gasteiger partial charge on any atom is -0.377 e. The zero-order valence-corrected chi connectivity index (χ0v) is 13.7. The molecule has 2 amide bonds. The van der Waals surface area contributed by atoms with E-state index in [2.05, 4.69) is 20.8 Å². The van der Waals surface area contributed by atoms with Gasteiger partial charge in [-0.2, -0.15) is 15.0 Å². The molecule has 0 fully saturated rings. The molecule has 7 nitrogen and oxygen atoms in total. The van der Waals surface area contributed by atoms with Crippen molar-refractivity contribution in [1.29, 1.82) is 0 Å². The minimum absolute atomic E-state index is 0.274. The molecule has 2 aromatic rings. The summed E-state index contributed by atoms with van der Waals surface area (Å²) < 4.78 is 13.5. The lowest BCUT2D eigenvalue weighted by atomic mass is 10.1. The zero-order chi connectivity index (χ0) is 17.0. The number of urea groups is 1. The van der Waals surface area contributed by atoms with E-state index in [-0.39, 0.29) is 24.4 Å². The van der Waals surface area contributed by atoms with Crippen molar-refractivity contribution in [2.24, 2.45) is 7.05 Å². The summed E-state index contributed by atoms with van der Waals surface area (Å²) in [6, 6.07) is 3.84. The first-order valence-corrected chi connectivity index (χ1v) is 7.23. The Morgan fingerprint density at radius 2 is 2.17 bits per heavy atom. The maximum absolute atomic E-state index is 13.5. The second-order valence-corrected chi connectivity index (χ2v) is 5.47. The normalized spacial score (nSPS) is 11.9. The molecule has 1 heterocycles. The first-order valence-electron chi connectivity index (χ1n) is 7.23. The van der Waals surface area contributed by atoms with Gasteiger partial charge in [-0.15, -0.1) is 0 Å². The molecule has 0 aliphatic rings. The van der Waals surface area contributed by atoms with Gasteiger partial charge in [0, 0.05) is 32.4 Å². The highest BCUT2D eigenvalue weighted by molar-refractivity contribution is 5.74. The summed E-state index contributed by atoms with van der Waals surface area (Å²) in [6.45, 7) is 2.08. The summed E-state index contributed by atoms with van der Waals surface area (Å²) >= 11 is 0. The monoisotopic (exact) mass is 320 g/mol. The van der Waals surface area contributed by atoms with Gasteiger partial charge in [0.15, 0.2) is 0 Å². The van der Waals surface area contributed by atoms with Gasteiger partial charge in [-0.3, -0.25) is 0 Å². The Bertz CT molecular complexity index is 684. The number of nitrogens with one attached hydrogen (secondary N) is 2. The first kappa shape index (κ1) is 16.7. The predicted octanol–water partition coefficient (Wildman–Crippen LogP) is 1.58. The third kappa shape index (κ3) is 4.41. The average molecular weight is 320 g/mol. The fraction of sp³-hybridized carbons (Fsp3) is 0.400. The van der Waals surface area contributed by atoms with E-state index < -0.39 is 0 Å². The van der Waals surface area contributed by atoms with E-state index in [1.807, 2.05) is 25.9 Å². The van der Waals surface area contributed by atoms with Crippen LogP contribution in [0.25, 0.3) is 0 Å². The van der Waals surface area contributed by atoms with Gasteiger partial charge in [0.25, 0.3) is 0 Å². The van der Waals surface area contributed by atoms with Crippen LogP contribution in [0.1, 0.15) is 24.2 Å². The quantitative estimate of drug-likeness (QED) is 0.877. The van der Waals surface area contributed by atoms with Crippen LogP contribution >= 0.6 is 0 Å². The topological polar surface area (TPSA) is 75.1 Å². The highest BCUT2D eigenvalue weighted by Gasteiger charge is 2.15. The van der Waals surface area contributed by atoms with Crippen LogP contribution in [0.15, 0.2) is 24.4 Å². The van der Waals surface area contributed by atoms with Crippen LogP contribution in [0.2, 0.25) is 0 Å². The largest absolute Gasteiger partial charge is 0.377 e. The van der Waals surface area contributed by atoms with Crippen LogP contribution in [0.3, 0.4) is 0 Å². The summed E-state index contributed by atoms with van der Waals surface area (Å²) in [5.41, 5.74) is 2.23. The van der Waals surface area contributed by atoms with Crippen LogP contribution in [0.4, 0.5) is 14.9 Å². The maximum atomic E-state index is 13.5. The van der Waals surface area contributed by atoms with E-state index in [9.17, 15) is 9.18 Å². The minimum atomic E-state index is -0.350. The summed E-state index contributed by atoms with van der Waals surface area (Å²) in [5.74, 6) is -0.334. The summed E-state index contributed by atoms with van der Waals surface area (Å²) in [4.78, 5) is 15.3. The van der Waals surface area contributed by atoms with E-state index in [0.29, 0.717) is 11.3 Å². The molecule has 0 saturated heterocycles. The van der Waals surface area contributed by atoms with Crippen molar-refractivity contribution in [3.8, 4) is 0 Å². The molecule has 0 aliphatic carbocycles. The smallest absolute Gasteiger partial charge is 0.315 e. The van der Waals surface area contributed by atoms with Gasteiger partial charge >= 0.3 is 6.03 Å². The summed E-state index contributed by atoms with van der Waals surface area (Å²) in [6.07, 6.45) is 1.58. The number of rotatable bonds is 5. The number of hydrogen-bond donors (Lipinski definition) is 2. The van der Waals surface area contributed by atoms with Crippen molar-refractivity contribution < 1.29 is 9.18 Å². The lowest BCUT2D eigenvalue weighted by molar-refractivity contribution is 0.237. The van der Waals surface area contributed by atoms with E-state index >= 15 is 0 Å². The summed E-state index contributed by atoms with van der Waals surface area (Å²) in [7, 11) is 5.45. The fourth-order valence-corrected chi connectivity index (χ4v) is 2.24. The van der Waals surface area contributed by atoms with Crippen LogP contribution in [0, 0.1) is 5.82 Å². The molecule has 8 heteroatoms. The average Bonchev–Trinajstić information content (AvgIpc) is 2.90. The molecule has 0 saturated carbocycles. The van der Waals surface area contributed by atoms with Gasteiger partial charge in [-0.25, -0.2) is 9.18 Å². The molecule has 0 spiro atoms. The number of aromatic nitrogens is 3. The van der Waals surface area contributed by atoms with Crippen LogP contribution < -0.4 is 15.5 Å². The van der Waals surface area contributed by atoms with Gasteiger partial charge in [-0.1, -0.05) is 0 Å². The van der Waals surface area contributed by atoms with Crippen molar-refractivity contribution in [3.05, 3.63) is 41.5 Å². The lowest BCUT2D eigenvalue weighted by Crippen LogP contribution is -2.37. The Morgan fingerprint density at radius 1 is 1.43 bits per heavy atom. The van der Waals surface area contributed by atoms with Crippen LogP contribution in [0.5, 0.6) is 0 Å². The number of nitrogens with zero attached hydrogens (tertiary/aromatic N) is 4. The molecule has 0 radical (unpaired) electrons. The molecule has 0 aliphatic heterocycles. The van der Waals surface area contributed by atoms with Gasteiger partial charge < -0.3 is 15.5 Å². The molecular formula is C15H21FN6O. The van der Waals surface area contributed by atoms with Crippen LogP contribution in [-0.4, -0.2) is 35.1 Å². The van der Waals surface area contributed by atoms with Gasteiger partial charge in [0.2, 0.25) is 0 Å². The second kappa shape index (κ2) is 7.08. The number of benzene rings is 1. The van der Waals surface area contributed by atoms with Gasteiger partial charge in [0.1, 0.15) is 11.5 Å². The van der Waals surface area contributed by atoms with Crippen molar-refractivity contribution in [2.45, 2.75) is 19.5 Å². The van der Waals surface area contributed by atoms with E-state index in [1.165, 1.54) is 16.9 Å². The molecule has 2 N–H and O–H groups in total. The van der Waals surface area contributed by atoms with Crippen molar-refractivity contribution in [1.82, 2.24) is 25.6 Å². The third-order valence-corrected chi connectivity index (χ3v) is 3.36. The molecular weight excluding hydrogens is 299 g/mol. The molecule has 1 aromatic carbocycles. The standard InChI is InChI=1S/C15H21FN6O/c1-10(13-7-11(16)5-6-14(13)21(2)3)19-15(23)17-8-12-9-18-22(4)20-12/h5-7,9-10H,8H2,1-4H3,(H2,17,19,23). The molecule has 1 aromatic heterocycles. The molecule has 2 rings (SSSR count). The Morgan fingerprint density at radius 3 is 2.78 bits per heavy atom.